The number of rotatable bonds is 4. The van der Waals surface area contributed by atoms with Crippen molar-refractivity contribution >= 4 is 11.6 Å². The summed E-state index contributed by atoms with van der Waals surface area (Å²) in [6.45, 7) is 2.25. The first-order valence-corrected chi connectivity index (χ1v) is 9.22. The second-order valence-corrected chi connectivity index (χ2v) is 7.06. The van der Waals surface area contributed by atoms with E-state index in [1.807, 2.05) is 36.5 Å². The molecule has 2 atom stereocenters. The highest BCUT2D eigenvalue weighted by atomic mass is 16.5. The Morgan fingerprint density at radius 3 is 2.79 bits per heavy atom. The van der Waals surface area contributed by atoms with Crippen molar-refractivity contribution in [3.05, 3.63) is 76.5 Å². The Labute approximate surface area is 162 Å². The molecule has 0 aliphatic carbocycles. The third-order valence-electron chi connectivity index (χ3n) is 5.01. The number of nitrogens with one attached hydrogen (secondary N) is 1. The number of aryl methyl sites for hydroxylation is 2. The SMILES string of the molecule is Cc1cc(NC(=O)[C@H]2CCO[C@@H]2c2cnn(-c3ccccc3)c2)cn(C)c1=O. The number of pyridine rings is 1. The number of aromatic nitrogens is 3. The van der Waals surface area contributed by atoms with E-state index in [-0.39, 0.29) is 23.5 Å². The lowest BCUT2D eigenvalue weighted by Gasteiger charge is -2.17. The van der Waals surface area contributed by atoms with Gasteiger partial charge in [-0.2, -0.15) is 5.10 Å². The zero-order valence-electron chi connectivity index (χ0n) is 15.8. The molecule has 28 heavy (non-hydrogen) atoms. The summed E-state index contributed by atoms with van der Waals surface area (Å²) in [5, 5.41) is 7.33. The Bertz CT molecular complexity index is 1030. The van der Waals surface area contributed by atoms with Gasteiger partial charge in [0.2, 0.25) is 5.91 Å². The largest absolute Gasteiger partial charge is 0.373 e. The van der Waals surface area contributed by atoms with Crippen molar-refractivity contribution in [2.75, 3.05) is 11.9 Å². The van der Waals surface area contributed by atoms with Gasteiger partial charge in [0.25, 0.3) is 5.56 Å². The van der Waals surface area contributed by atoms with Crippen molar-refractivity contribution in [2.45, 2.75) is 19.4 Å². The van der Waals surface area contributed by atoms with Crippen molar-refractivity contribution in [1.82, 2.24) is 14.3 Å². The number of hydrogen-bond acceptors (Lipinski definition) is 4. The van der Waals surface area contributed by atoms with Crippen molar-refractivity contribution in [1.29, 1.82) is 0 Å². The van der Waals surface area contributed by atoms with Crippen LogP contribution in [0.15, 0.2) is 59.8 Å². The average molecular weight is 378 g/mol. The lowest BCUT2D eigenvalue weighted by atomic mass is 9.96. The number of benzene rings is 1. The van der Waals surface area contributed by atoms with Gasteiger partial charge in [-0.05, 0) is 31.5 Å². The molecule has 0 bridgehead atoms. The summed E-state index contributed by atoms with van der Waals surface area (Å²) in [5.74, 6) is -0.432. The van der Waals surface area contributed by atoms with Gasteiger partial charge in [-0.15, -0.1) is 0 Å². The van der Waals surface area contributed by atoms with E-state index < -0.39 is 0 Å². The molecule has 1 amide bonds. The lowest BCUT2D eigenvalue weighted by Crippen LogP contribution is -2.27. The van der Waals surface area contributed by atoms with Crippen LogP contribution in [0.1, 0.15) is 23.7 Å². The van der Waals surface area contributed by atoms with Gasteiger partial charge in [-0.25, -0.2) is 4.68 Å². The summed E-state index contributed by atoms with van der Waals surface area (Å²) in [4.78, 5) is 24.7. The molecule has 0 radical (unpaired) electrons. The molecule has 2 aromatic heterocycles. The van der Waals surface area contributed by atoms with E-state index >= 15 is 0 Å². The minimum atomic E-state index is -0.342. The molecule has 1 aliphatic rings. The molecule has 0 saturated carbocycles. The fraction of sp³-hybridized carbons (Fsp3) is 0.286. The predicted octanol–water partition coefficient (Wildman–Crippen LogP) is 2.60. The summed E-state index contributed by atoms with van der Waals surface area (Å²) < 4.78 is 9.11. The van der Waals surface area contributed by atoms with Crippen molar-refractivity contribution < 1.29 is 9.53 Å². The fourth-order valence-corrected chi connectivity index (χ4v) is 3.57. The molecule has 4 rings (SSSR count). The second-order valence-electron chi connectivity index (χ2n) is 7.06. The Hall–Kier alpha value is -3.19. The molecule has 144 valence electrons. The third kappa shape index (κ3) is 3.48. The van der Waals surface area contributed by atoms with Gasteiger partial charge in [0.05, 0.1) is 29.6 Å². The first-order chi connectivity index (χ1) is 13.5. The molecule has 0 spiro atoms. The van der Waals surface area contributed by atoms with Crippen LogP contribution in [0.3, 0.4) is 0 Å². The van der Waals surface area contributed by atoms with Crippen LogP contribution in [0.2, 0.25) is 0 Å². The first kappa shape index (κ1) is 18.2. The number of para-hydroxylation sites is 1. The highest BCUT2D eigenvalue weighted by Crippen LogP contribution is 2.35. The quantitative estimate of drug-likeness (QED) is 0.757. The van der Waals surface area contributed by atoms with E-state index in [1.165, 1.54) is 4.57 Å². The van der Waals surface area contributed by atoms with Gasteiger partial charge in [0.15, 0.2) is 0 Å². The summed E-state index contributed by atoms with van der Waals surface area (Å²) in [5.41, 5.74) is 2.94. The van der Waals surface area contributed by atoms with E-state index in [1.54, 1.807) is 37.1 Å². The Kier molecular flexibility index (Phi) is 4.83. The number of carbonyl (C=O) groups is 1. The van der Waals surface area contributed by atoms with E-state index in [2.05, 4.69) is 10.4 Å². The molecule has 1 N–H and O–H groups in total. The maximum atomic E-state index is 12.9. The van der Waals surface area contributed by atoms with Crippen molar-refractivity contribution in [3.63, 3.8) is 0 Å². The molecule has 3 heterocycles. The highest BCUT2D eigenvalue weighted by Gasteiger charge is 2.36. The zero-order chi connectivity index (χ0) is 19.7. The van der Waals surface area contributed by atoms with Gasteiger partial charge in [-0.3, -0.25) is 9.59 Å². The van der Waals surface area contributed by atoms with Crippen LogP contribution >= 0.6 is 0 Å². The molecule has 7 nitrogen and oxygen atoms in total. The van der Waals surface area contributed by atoms with Crippen LogP contribution in [0.25, 0.3) is 5.69 Å². The Morgan fingerprint density at radius 2 is 2.04 bits per heavy atom. The molecule has 1 saturated heterocycles. The summed E-state index contributed by atoms with van der Waals surface area (Å²) in [6.07, 6.45) is 5.58. The molecule has 1 aliphatic heterocycles. The molecule has 1 fully saturated rings. The lowest BCUT2D eigenvalue weighted by molar-refractivity contribution is -0.121. The van der Waals surface area contributed by atoms with E-state index in [0.717, 1.165) is 11.3 Å². The summed E-state index contributed by atoms with van der Waals surface area (Å²) in [7, 11) is 1.67. The normalized spacial score (nSPS) is 18.9. The fourth-order valence-electron chi connectivity index (χ4n) is 3.57. The van der Waals surface area contributed by atoms with Crippen LogP contribution in [-0.2, 0) is 16.6 Å². The number of anilines is 1. The molecule has 0 unspecified atom stereocenters. The number of nitrogens with zero attached hydrogens (tertiary/aromatic N) is 3. The topological polar surface area (TPSA) is 78.2 Å². The van der Waals surface area contributed by atoms with Crippen LogP contribution < -0.4 is 10.9 Å². The Morgan fingerprint density at radius 1 is 1.25 bits per heavy atom. The first-order valence-electron chi connectivity index (χ1n) is 9.22. The van der Waals surface area contributed by atoms with Crippen molar-refractivity contribution in [2.24, 2.45) is 13.0 Å². The van der Waals surface area contributed by atoms with Crippen molar-refractivity contribution in [3.8, 4) is 5.69 Å². The molecule has 7 heteroatoms. The molecule has 3 aromatic rings. The Balaban J connectivity index is 1.53. The average Bonchev–Trinajstić information content (AvgIpc) is 3.36. The number of ether oxygens (including phenoxy) is 1. The maximum Gasteiger partial charge on any atom is 0.253 e. The van der Waals surface area contributed by atoms with E-state index in [0.29, 0.717) is 24.3 Å². The monoisotopic (exact) mass is 378 g/mol. The smallest absolute Gasteiger partial charge is 0.253 e. The highest BCUT2D eigenvalue weighted by molar-refractivity contribution is 5.93. The molecular weight excluding hydrogens is 356 g/mol. The minimum Gasteiger partial charge on any atom is -0.373 e. The summed E-state index contributed by atoms with van der Waals surface area (Å²) >= 11 is 0. The number of amides is 1. The number of carbonyl (C=O) groups excluding carboxylic acids is 1. The van der Waals surface area contributed by atoms with Gasteiger partial charge in [0, 0.05) is 37.2 Å². The van der Waals surface area contributed by atoms with Crippen LogP contribution in [0.4, 0.5) is 5.69 Å². The molecule has 1 aromatic carbocycles. The second kappa shape index (κ2) is 7.44. The predicted molar refractivity (Wildman–Crippen MR) is 105 cm³/mol. The van der Waals surface area contributed by atoms with Gasteiger partial charge in [-0.1, -0.05) is 18.2 Å². The summed E-state index contributed by atoms with van der Waals surface area (Å²) in [6, 6.07) is 11.5. The van der Waals surface area contributed by atoms with Gasteiger partial charge >= 0.3 is 0 Å². The maximum absolute atomic E-state index is 12.9. The molecular formula is C21H22N4O3. The van der Waals surface area contributed by atoms with Gasteiger partial charge < -0.3 is 14.6 Å². The van der Waals surface area contributed by atoms with E-state index in [9.17, 15) is 9.59 Å². The third-order valence-corrected chi connectivity index (χ3v) is 5.01. The number of hydrogen-bond donors (Lipinski definition) is 1. The van der Waals surface area contributed by atoms with Crippen LogP contribution in [0, 0.1) is 12.8 Å². The standard InChI is InChI=1S/C21H22N4O3/c1-14-10-16(13-24(2)21(14)27)23-20(26)18-8-9-28-19(18)15-11-22-25(12-15)17-6-4-3-5-7-17/h3-7,10-13,18-19H,8-9H2,1-2H3,(H,23,26)/t18-,19+/m0/s1. The zero-order valence-corrected chi connectivity index (χ0v) is 15.8. The van der Waals surface area contributed by atoms with Crippen LogP contribution in [-0.4, -0.2) is 26.9 Å². The van der Waals surface area contributed by atoms with Crippen LogP contribution in [0.5, 0.6) is 0 Å². The minimum absolute atomic E-state index is 0.0756. The van der Waals surface area contributed by atoms with Gasteiger partial charge in [0.1, 0.15) is 0 Å². The van der Waals surface area contributed by atoms with E-state index in [4.69, 9.17) is 4.74 Å².